The number of nitrogens with one attached hydrogen (secondary N) is 2. The number of benzene rings is 1. The van der Waals surface area contributed by atoms with Crippen molar-refractivity contribution in [1.29, 1.82) is 0 Å². The van der Waals surface area contributed by atoms with Gasteiger partial charge in [0, 0.05) is 33.9 Å². The van der Waals surface area contributed by atoms with Crippen LogP contribution in [-0.4, -0.2) is 53.1 Å². The molecule has 0 unspecified atom stereocenters. The van der Waals surface area contributed by atoms with Gasteiger partial charge in [-0.2, -0.15) is 0 Å². The lowest BCUT2D eigenvalue weighted by atomic mass is 10.1. The molecular weight excluding hydrogens is 433 g/mol. The van der Waals surface area contributed by atoms with E-state index in [1.165, 1.54) is 5.56 Å². The molecule has 0 saturated heterocycles. The van der Waals surface area contributed by atoms with Gasteiger partial charge in [0.1, 0.15) is 0 Å². The molecule has 6 nitrogen and oxygen atoms in total. The van der Waals surface area contributed by atoms with Crippen molar-refractivity contribution >= 4 is 29.9 Å². The number of ether oxygens (including phenoxy) is 3. The lowest BCUT2D eigenvalue weighted by molar-refractivity contribution is 0.0698. The molecule has 0 bridgehead atoms. The monoisotopic (exact) mass is 465 g/mol. The van der Waals surface area contributed by atoms with Crippen LogP contribution in [0, 0.1) is 0 Å². The molecule has 1 aromatic rings. The first-order valence-electron chi connectivity index (χ1n) is 8.45. The predicted octanol–water partition coefficient (Wildman–Crippen LogP) is 2.56. The van der Waals surface area contributed by atoms with Crippen LogP contribution in [0.5, 0.6) is 0 Å². The van der Waals surface area contributed by atoms with E-state index in [1.807, 2.05) is 6.07 Å². The minimum Gasteiger partial charge on any atom is -0.382 e. The average molecular weight is 465 g/mol. The van der Waals surface area contributed by atoms with Gasteiger partial charge in [0.2, 0.25) is 0 Å². The second-order valence-corrected chi connectivity index (χ2v) is 5.33. The maximum atomic E-state index is 5.44. The summed E-state index contributed by atoms with van der Waals surface area (Å²) in [4.78, 5) is 4.62. The van der Waals surface area contributed by atoms with Crippen LogP contribution < -0.4 is 10.6 Å². The molecule has 25 heavy (non-hydrogen) atoms. The Hall–Kier alpha value is -0.900. The fraction of sp³-hybridized carbons (Fsp3) is 0.611. The lowest BCUT2D eigenvalue weighted by Gasteiger charge is -2.11. The van der Waals surface area contributed by atoms with E-state index in [9.17, 15) is 0 Å². The first kappa shape index (κ1) is 24.1. The fourth-order valence-corrected chi connectivity index (χ4v) is 2.12. The summed E-state index contributed by atoms with van der Waals surface area (Å²) < 4.78 is 15.6. The molecule has 0 aliphatic heterocycles. The van der Waals surface area contributed by atoms with Crippen molar-refractivity contribution in [1.82, 2.24) is 10.6 Å². The first-order chi connectivity index (χ1) is 11.8. The molecule has 0 saturated carbocycles. The zero-order chi connectivity index (χ0) is 17.5. The molecule has 1 rings (SSSR count). The van der Waals surface area contributed by atoms with E-state index >= 15 is 0 Å². The van der Waals surface area contributed by atoms with Crippen LogP contribution in [0.4, 0.5) is 0 Å². The summed E-state index contributed by atoms with van der Waals surface area (Å²) >= 11 is 0. The molecule has 0 aliphatic rings. The van der Waals surface area contributed by atoms with Crippen LogP contribution in [0.25, 0.3) is 0 Å². The van der Waals surface area contributed by atoms with Gasteiger partial charge in [0.15, 0.2) is 5.96 Å². The highest BCUT2D eigenvalue weighted by Crippen LogP contribution is 2.07. The topological polar surface area (TPSA) is 64.1 Å². The number of methoxy groups -OCH3 is 2. The highest BCUT2D eigenvalue weighted by atomic mass is 127. The Balaban J connectivity index is 0.00000576. The summed E-state index contributed by atoms with van der Waals surface area (Å²) in [7, 11) is 3.38. The maximum absolute atomic E-state index is 5.44. The fourth-order valence-electron chi connectivity index (χ4n) is 2.12. The quantitative estimate of drug-likeness (QED) is 0.215. The summed E-state index contributed by atoms with van der Waals surface area (Å²) in [6.45, 7) is 6.97. The molecule has 0 fully saturated rings. The number of hydrogen-bond acceptors (Lipinski definition) is 4. The molecule has 0 heterocycles. The molecule has 2 N–H and O–H groups in total. The highest BCUT2D eigenvalue weighted by molar-refractivity contribution is 14.0. The Labute approximate surface area is 168 Å². The van der Waals surface area contributed by atoms with Crippen LogP contribution in [0.2, 0.25) is 0 Å². The number of rotatable bonds is 12. The van der Waals surface area contributed by atoms with Gasteiger partial charge in [0.25, 0.3) is 0 Å². The smallest absolute Gasteiger partial charge is 0.191 e. The van der Waals surface area contributed by atoms with Gasteiger partial charge in [-0.25, -0.2) is 4.99 Å². The van der Waals surface area contributed by atoms with E-state index in [-0.39, 0.29) is 24.0 Å². The van der Waals surface area contributed by atoms with Crippen LogP contribution >= 0.6 is 24.0 Å². The number of guanidine groups is 1. The molecule has 1 aromatic carbocycles. The minimum atomic E-state index is 0. The van der Waals surface area contributed by atoms with Crippen molar-refractivity contribution in [2.24, 2.45) is 4.99 Å². The third kappa shape index (κ3) is 12.1. The third-order valence-corrected chi connectivity index (χ3v) is 3.26. The molecule has 0 spiro atoms. The number of halogens is 1. The normalized spacial score (nSPS) is 11.1. The van der Waals surface area contributed by atoms with Crippen LogP contribution in [-0.2, 0) is 27.4 Å². The van der Waals surface area contributed by atoms with Crippen molar-refractivity contribution in [2.45, 2.75) is 26.5 Å². The van der Waals surface area contributed by atoms with Gasteiger partial charge in [-0.3, -0.25) is 0 Å². The molecular formula is C18H32IN3O3. The van der Waals surface area contributed by atoms with Crippen molar-refractivity contribution in [3.8, 4) is 0 Å². The van der Waals surface area contributed by atoms with E-state index in [2.05, 4.69) is 40.7 Å². The Morgan fingerprint density at radius 1 is 1.04 bits per heavy atom. The first-order valence-corrected chi connectivity index (χ1v) is 8.45. The second-order valence-electron chi connectivity index (χ2n) is 5.33. The minimum absolute atomic E-state index is 0. The van der Waals surface area contributed by atoms with Crippen LogP contribution in [0.3, 0.4) is 0 Å². The van der Waals surface area contributed by atoms with E-state index in [1.54, 1.807) is 14.2 Å². The molecule has 0 aromatic heterocycles. The summed E-state index contributed by atoms with van der Waals surface area (Å²) in [6, 6.07) is 8.30. The average Bonchev–Trinajstić information content (AvgIpc) is 2.59. The molecule has 7 heteroatoms. The third-order valence-electron chi connectivity index (χ3n) is 3.26. The van der Waals surface area contributed by atoms with Crippen molar-refractivity contribution < 1.29 is 14.2 Å². The molecule has 0 aliphatic carbocycles. The number of nitrogens with zero attached hydrogens (tertiary/aromatic N) is 1. The zero-order valence-electron chi connectivity index (χ0n) is 15.5. The SMILES string of the molecule is CCNC(=NCc1cccc(COC)c1)NCCCOCCOC.I. The van der Waals surface area contributed by atoms with Crippen LogP contribution in [0.1, 0.15) is 24.5 Å². The van der Waals surface area contributed by atoms with Gasteiger partial charge < -0.3 is 24.8 Å². The molecule has 0 atom stereocenters. The Bertz CT molecular complexity index is 473. The summed E-state index contributed by atoms with van der Waals surface area (Å²) in [5, 5.41) is 6.58. The summed E-state index contributed by atoms with van der Waals surface area (Å²) in [5.41, 5.74) is 2.33. The number of aliphatic imine (C=N–C) groups is 1. The Morgan fingerprint density at radius 2 is 1.84 bits per heavy atom. The highest BCUT2D eigenvalue weighted by Gasteiger charge is 1.99. The molecule has 144 valence electrons. The zero-order valence-corrected chi connectivity index (χ0v) is 17.9. The van der Waals surface area contributed by atoms with E-state index in [0.29, 0.717) is 26.4 Å². The predicted molar refractivity (Wildman–Crippen MR) is 113 cm³/mol. The second kappa shape index (κ2) is 16.6. The lowest BCUT2D eigenvalue weighted by Crippen LogP contribution is -2.38. The Morgan fingerprint density at radius 3 is 2.56 bits per heavy atom. The standard InChI is InChI=1S/C18H31N3O3.HI/c1-4-19-18(20-9-6-10-24-12-11-22-2)21-14-16-7-5-8-17(13-16)15-23-3;/h5,7-8,13H,4,6,9-12,14-15H2,1-3H3,(H2,19,20,21);1H. The number of hydrogen-bond donors (Lipinski definition) is 2. The van der Waals surface area contributed by atoms with E-state index in [0.717, 1.165) is 37.6 Å². The largest absolute Gasteiger partial charge is 0.382 e. The van der Waals surface area contributed by atoms with Gasteiger partial charge >= 0.3 is 0 Å². The van der Waals surface area contributed by atoms with Crippen molar-refractivity contribution in [2.75, 3.05) is 47.1 Å². The van der Waals surface area contributed by atoms with Crippen molar-refractivity contribution in [3.05, 3.63) is 35.4 Å². The summed E-state index contributed by atoms with van der Waals surface area (Å²) in [6.07, 6.45) is 0.928. The van der Waals surface area contributed by atoms with Gasteiger partial charge in [0.05, 0.1) is 26.4 Å². The van der Waals surface area contributed by atoms with Crippen molar-refractivity contribution in [3.63, 3.8) is 0 Å². The van der Waals surface area contributed by atoms with Gasteiger partial charge in [-0.05, 0) is 24.5 Å². The van der Waals surface area contributed by atoms with Gasteiger partial charge in [-0.1, -0.05) is 24.3 Å². The Kier molecular flexibility index (Phi) is 16.0. The maximum Gasteiger partial charge on any atom is 0.191 e. The molecule has 0 radical (unpaired) electrons. The van der Waals surface area contributed by atoms with Gasteiger partial charge in [-0.15, -0.1) is 24.0 Å². The molecule has 0 amide bonds. The summed E-state index contributed by atoms with van der Waals surface area (Å²) in [5.74, 6) is 0.825. The van der Waals surface area contributed by atoms with Crippen LogP contribution in [0.15, 0.2) is 29.3 Å². The van der Waals surface area contributed by atoms with E-state index in [4.69, 9.17) is 14.2 Å². The van der Waals surface area contributed by atoms with E-state index < -0.39 is 0 Å².